The van der Waals surface area contributed by atoms with Crippen molar-refractivity contribution in [2.24, 2.45) is 5.92 Å². The number of hydrogen-bond acceptors (Lipinski definition) is 5. The summed E-state index contributed by atoms with van der Waals surface area (Å²) in [4.78, 5) is 14.8. The molecule has 166 valence electrons. The SMILES string of the molecule is CC(C)OC(=O)N1CCC2=C(NC3C=CC(Cl)=CC23)C1c1ccc(OCCCO)cc1. The number of rotatable bonds is 6. The van der Waals surface area contributed by atoms with Gasteiger partial charge in [-0.3, -0.25) is 4.90 Å². The fourth-order valence-electron chi connectivity index (χ4n) is 4.45. The summed E-state index contributed by atoms with van der Waals surface area (Å²) in [6, 6.07) is 7.70. The molecule has 0 saturated carbocycles. The van der Waals surface area contributed by atoms with Gasteiger partial charge in [0.2, 0.25) is 0 Å². The zero-order valence-electron chi connectivity index (χ0n) is 17.9. The van der Waals surface area contributed by atoms with Crippen LogP contribution in [0.2, 0.25) is 0 Å². The van der Waals surface area contributed by atoms with Gasteiger partial charge in [-0.05, 0) is 49.6 Å². The Morgan fingerprint density at radius 3 is 2.81 bits per heavy atom. The molecule has 2 N–H and O–H groups in total. The second-order valence-corrected chi connectivity index (χ2v) is 8.76. The zero-order valence-corrected chi connectivity index (χ0v) is 18.6. The van der Waals surface area contributed by atoms with Gasteiger partial charge in [0.1, 0.15) is 11.8 Å². The number of allylic oxidation sites excluding steroid dienone is 2. The Morgan fingerprint density at radius 2 is 2.10 bits per heavy atom. The molecule has 2 aliphatic heterocycles. The molecule has 6 nitrogen and oxygen atoms in total. The molecule has 1 amide bonds. The monoisotopic (exact) mass is 444 g/mol. The van der Waals surface area contributed by atoms with E-state index >= 15 is 0 Å². The highest BCUT2D eigenvalue weighted by Gasteiger charge is 2.43. The molecule has 31 heavy (non-hydrogen) atoms. The summed E-state index contributed by atoms with van der Waals surface area (Å²) in [5.74, 6) is 0.948. The number of nitrogens with zero attached hydrogens (tertiary/aromatic N) is 1. The third-order valence-corrected chi connectivity index (χ3v) is 6.06. The Hall–Kier alpha value is -2.44. The summed E-state index contributed by atoms with van der Waals surface area (Å²) in [7, 11) is 0. The van der Waals surface area contributed by atoms with Crippen molar-refractivity contribution in [3.63, 3.8) is 0 Å². The van der Waals surface area contributed by atoms with Crippen LogP contribution in [0.5, 0.6) is 5.75 Å². The molecule has 1 aliphatic carbocycles. The molecular weight excluding hydrogens is 416 g/mol. The molecule has 4 rings (SSSR count). The van der Waals surface area contributed by atoms with E-state index in [-0.39, 0.29) is 36.8 Å². The smallest absolute Gasteiger partial charge is 0.410 e. The number of aliphatic hydroxyl groups excluding tert-OH is 1. The number of hydrogen-bond donors (Lipinski definition) is 2. The van der Waals surface area contributed by atoms with Crippen molar-refractivity contribution in [1.82, 2.24) is 10.2 Å². The number of carbonyl (C=O) groups is 1. The molecule has 0 fully saturated rings. The van der Waals surface area contributed by atoms with Crippen LogP contribution >= 0.6 is 11.6 Å². The minimum atomic E-state index is -0.310. The topological polar surface area (TPSA) is 71.0 Å². The lowest BCUT2D eigenvalue weighted by Gasteiger charge is -2.37. The van der Waals surface area contributed by atoms with E-state index in [0.29, 0.717) is 19.6 Å². The van der Waals surface area contributed by atoms with Crippen LogP contribution in [-0.4, -0.2) is 48.0 Å². The predicted octanol–water partition coefficient (Wildman–Crippen LogP) is 4.27. The average Bonchev–Trinajstić information content (AvgIpc) is 3.11. The fraction of sp³-hybridized carbons (Fsp3) is 0.458. The van der Waals surface area contributed by atoms with Gasteiger partial charge >= 0.3 is 6.09 Å². The van der Waals surface area contributed by atoms with Crippen molar-refractivity contribution in [3.05, 3.63) is 64.4 Å². The van der Waals surface area contributed by atoms with Crippen LogP contribution in [-0.2, 0) is 4.74 Å². The van der Waals surface area contributed by atoms with Gasteiger partial charge in [-0.1, -0.05) is 35.9 Å². The molecule has 2 heterocycles. The van der Waals surface area contributed by atoms with Crippen LogP contribution in [0.1, 0.15) is 38.3 Å². The highest BCUT2D eigenvalue weighted by atomic mass is 35.5. The van der Waals surface area contributed by atoms with Crippen molar-refractivity contribution in [1.29, 1.82) is 0 Å². The van der Waals surface area contributed by atoms with E-state index in [9.17, 15) is 4.79 Å². The first-order valence-electron chi connectivity index (χ1n) is 10.8. The predicted molar refractivity (Wildman–Crippen MR) is 120 cm³/mol. The number of fused-ring (bicyclic) bond motifs is 2. The van der Waals surface area contributed by atoms with Crippen molar-refractivity contribution in [2.75, 3.05) is 19.8 Å². The van der Waals surface area contributed by atoms with Gasteiger partial charge < -0.3 is 19.9 Å². The Kier molecular flexibility index (Phi) is 6.58. The van der Waals surface area contributed by atoms with E-state index in [4.69, 9.17) is 26.2 Å². The zero-order chi connectivity index (χ0) is 22.0. The van der Waals surface area contributed by atoms with E-state index in [1.165, 1.54) is 5.57 Å². The minimum Gasteiger partial charge on any atom is -0.494 e. The Labute approximate surface area is 188 Å². The number of halogens is 1. The van der Waals surface area contributed by atoms with Crippen LogP contribution in [0.3, 0.4) is 0 Å². The molecule has 1 aromatic carbocycles. The first kappa shape index (κ1) is 21.8. The summed E-state index contributed by atoms with van der Waals surface area (Å²) in [6.45, 7) is 4.88. The third-order valence-electron chi connectivity index (χ3n) is 5.80. The van der Waals surface area contributed by atoms with Gasteiger partial charge in [0.15, 0.2) is 0 Å². The van der Waals surface area contributed by atoms with Crippen molar-refractivity contribution in [3.8, 4) is 5.75 Å². The minimum absolute atomic E-state index is 0.102. The Morgan fingerprint density at radius 1 is 1.32 bits per heavy atom. The lowest BCUT2D eigenvalue weighted by Crippen LogP contribution is -2.42. The molecule has 3 unspecified atom stereocenters. The lowest BCUT2D eigenvalue weighted by atomic mass is 9.85. The highest BCUT2D eigenvalue weighted by molar-refractivity contribution is 6.31. The van der Waals surface area contributed by atoms with E-state index in [0.717, 1.165) is 28.5 Å². The first-order valence-corrected chi connectivity index (χ1v) is 11.2. The van der Waals surface area contributed by atoms with Gasteiger partial charge in [-0.15, -0.1) is 0 Å². The van der Waals surface area contributed by atoms with Crippen LogP contribution in [0.15, 0.2) is 58.8 Å². The molecule has 0 spiro atoms. The van der Waals surface area contributed by atoms with Crippen molar-refractivity contribution < 1.29 is 19.4 Å². The standard InChI is InChI=1S/C24H29ClN2O4/c1-15(2)31-24(29)27-11-10-19-20-14-17(25)6-9-21(20)26-22(19)23(27)16-4-7-18(8-5-16)30-13-3-12-28/h4-9,14-15,20-21,23,26,28H,3,10-13H2,1-2H3. The fourth-order valence-corrected chi connectivity index (χ4v) is 4.66. The van der Waals surface area contributed by atoms with Gasteiger partial charge in [0, 0.05) is 36.2 Å². The second-order valence-electron chi connectivity index (χ2n) is 8.32. The van der Waals surface area contributed by atoms with Crippen molar-refractivity contribution >= 4 is 17.7 Å². The van der Waals surface area contributed by atoms with Gasteiger partial charge in [-0.25, -0.2) is 4.79 Å². The average molecular weight is 445 g/mol. The second kappa shape index (κ2) is 9.37. The highest BCUT2D eigenvalue weighted by Crippen LogP contribution is 2.45. The van der Waals surface area contributed by atoms with Gasteiger partial charge in [0.25, 0.3) is 0 Å². The molecule has 0 bridgehead atoms. The normalized spacial score (nSPS) is 24.5. The number of carbonyl (C=O) groups excluding carboxylic acids is 1. The Bertz CT molecular complexity index is 907. The van der Waals surface area contributed by atoms with Crippen LogP contribution < -0.4 is 10.1 Å². The number of nitrogens with one attached hydrogen (secondary N) is 1. The molecule has 0 saturated heterocycles. The summed E-state index contributed by atoms with van der Waals surface area (Å²) >= 11 is 6.28. The number of aliphatic hydroxyl groups is 1. The number of amides is 1. The van der Waals surface area contributed by atoms with Crippen LogP contribution in [0.4, 0.5) is 4.79 Å². The van der Waals surface area contributed by atoms with E-state index in [1.54, 1.807) is 4.90 Å². The van der Waals surface area contributed by atoms with E-state index in [2.05, 4.69) is 17.5 Å². The quantitative estimate of drug-likeness (QED) is 0.641. The van der Waals surface area contributed by atoms with Gasteiger partial charge in [0.05, 0.1) is 18.8 Å². The molecule has 3 atom stereocenters. The summed E-state index contributed by atoms with van der Waals surface area (Å²) in [5, 5.41) is 13.3. The van der Waals surface area contributed by atoms with Crippen LogP contribution in [0.25, 0.3) is 0 Å². The molecular formula is C24H29ClN2O4. The van der Waals surface area contributed by atoms with Crippen LogP contribution in [0, 0.1) is 5.92 Å². The maximum Gasteiger partial charge on any atom is 0.410 e. The number of ether oxygens (including phenoxy) is 2. The summed E-state index contributed by atoms with van der Waals surface area (Å²) < 4.78 is 11.2. The summed E-state index contributed by atoms with van der Waals surface area (Å²) in [5.41, 5.74) is 3.35. The van der Waals surface area contributed by atoms with E-state index in [1.807, 2.05) is 44.2 Å². The molecule has 1 aromatic rings. The Balaban J connectivity index is 1.65. The maximum atomic E-state index is 12.9. The third kappa shape index (κ3) is 4.60. The first-order chi connectivity index (χ1) is 15.0. The molecule has 0 radical (unpaired) electrons. The van der Waals surface area contributed by atoms with Crippen molar-refractivity contribution in [2.45, 2.75) is 44.9 Å². The maximum absolute atomic E-state index is 12.9. The molecule has 7 heteroatoms. The van der Waals surface area contributed by atoms with E-state index < -0.39 is 0 Å². The summed E-state index contributed by atoms with van der Waals surface area (Å²) in [6.07, 6.45) is 6.99. The van der Waals surface area contributed by atoms with Gasteiger partial charge in [-0.2, -0.15) is 0 Å². The molecule has 0 aromatic heterocycles. The largest absolute Gasteiger partial charge is 0.494 e. The molecule has 3 aliphatic rings. The lowest BCUT2D eigenvalue weighted by molar-refractivity contribution is 0.0648. The number of benzene rings is 1.